The van der Waals surface area contributed by atoms with Gasteiger partial charge in [0.15, 0.2) is 5.89 Å². The Morgan fingerprint density at radius 1 is 1.34 bits per heavy atom. The molecule has 7 heteroatoms. The molecule has 3 fully saturated rings. The lowest BCUT2D eigenvalue weighted by molar-refractivity contribution is -0.139. The third-order valence-electron chi connectivity index (χ3n) is 7.59. The van der Waals surface area contributed by atoms with Crippen LogP contribution in [0.1, 0.15) is 56.6 Å². The maximum Gasteiger partial charge on any atom is 0.226 e. The number of fused-ring (bicyclic) bond motifs is 3. The van der Waals surface area contributed by atoms with Crippen LogP contribution in [0.25, 0.3) is 0 Å². The maximum absolute atomic E-state index is 13.0. The Morgan fingerprint density at radius 2 is 2.09 bits per heavy atom. The number of nitrogens with two attached hydrogens (primary N) is 1. The SMILES string of the molecule is Cc1cnc(CCNC(=O)C23CCC(C4=CCC(OC/C(=C/F)CN)C=C4)(CC2)CC3)o1. The highest BCUT2D eigenvalue weighted by atomic mass is 19.1. The van der Waals surface area contributed by atoms with Crippen LogP contribution in [0.15, 0.2) is 46.3 Å². The number of aromatic nitrogens is 1. The van der Waals surface area contributed by atoms with Crippen LogP contribution in [0, 0.1) is 17.8 Å². The van der Waals surface area contributed by atoms with Gasteiger partial charge in [-0.2, -0.15) is 0 Å². The minimum absolute atomic E-state index is 0.0406. The number of rotatable bonds is 9. The average molecular weight is 444 g/mol. The summed E-state index contributed by atoms with van der Waals surface area (Å²) < 4.78 is 23.9. The van der Waals surface area contributed by atoms with Crippen molar-refractivity contribution in [3.05, 3.63) is 53.6 Å². The molecule has 0 aromatic carbocycles. The Morgan fingerprint density at radius 3 is 2.66 bits per heavy atom. The van der Waals surface area contributed by atoms with Crippen molar-refractivity contribution < 1.29 is 18.3 Å². The van der Waals surface area contributed by atoms with Crippen LogP contribution in [0.5, 0.6) is 0 Å². The zero-order valence-corrected chi connectivity index (χ0v) is 18.9. The van der Waals surface area contributed by atoms with Crippen LogP contribution in [0.2, 0.25) is 0 Å². The molecular formula is C25H34FN3O3. The molecule has 4 aliphatic carbocycles. The number of halogens is 1. The van der Waals surface area contributed by atoms with Crippen LogP contribution in [-0.4, -0.2) is 36.7 Å². The first-order valence-electron chi connectivity index (χ1n) is 11.7. The summed E-state index contributed by atoms with van der Waals surface area (Å²) in [4.78, 5) is 17.2. The van der Waals surface area contributed by atoms with E-state index in [9.17, 15) is 9.18 Å². The van der Waals surface area contributed by atoms with Crippen molar-refractivity contribution in [1.82, 2.24) is 10.3 Å². The summed E-state index contributed by atoms with van der Waals surface area (Å²) in [5.41, 5.74) is 7.29. The number of amides is 1. The highest BCUT2D eigenvalue weighted by Gasteiger charge is 2.53. The average Bonchev–Trinajstić information content (AvgIpc) is 3.26. The summed E-state index contributed by atoms with van der Waals surface area (Å²) in [6.45, 7) is 2.83. The fourth-order valence-corrected chi connectivity index (χ4v) is 5.41. The predicted octanol–water partition coefficient (Wildman–Crippen LogP) is 4.07. The van der Waals surface area contributed by atoms with Crippen molar-refractivity contribution in [2.75, 3.05) is 19.7 Å². The van der Waals surface area contributed by atoms with Crippen LogP contribution < -0.4 is 11.1 Å². The van der Waals surface area contributed by atoms with E-state index in [-0.39, 0.29) is 36.0 Å². The largest absolute Gasteiger partial charge is 0.446 e. The smallest absolute Gasteiger partial charge is 0.226 e. The molecule has 1 heterocycles. The van der Waals surface area contributed by atoms with Gasteiger partial charge in [0.2, 0.25) is 5.91 Å². The molecular weight excluding hydrogens is 409 g/mol. The minimum Gasteiger partial charge on any atom is -0.446 e. The molecule has 174 valence electrons. The van der Waals surface area contributed by atoms with E-state index in [0.29, 0.717) is 30.8 Å². The molecule has 1 unspecified atom stereocenters. The van der Waals surface area contributed by atoms with Gasteiger partial charge in [-0.25, -0.2) is 9.37 Å². The molecule has 0 aliphatic heterocycles. The third-order valence-corrected chi connectivity index (χ3v) is 7.59. The molecule has 3 saturated carbocycles. The van der Waals surface area contributed by atoms with Crippen LogP contribution >= 0.6 is 0 Å². The number of aryl methyl sites for hydroxylation is 1. The van der Waals surface area contributed by atoms with E-state index in [0.717, 1.165) is 50.7 Å². The van der Waals surface area contributed by atoms with Crippen molar-refractivity contribution in [1.29, 1.82) is 0 Å². The van der Waals surface area contributed by atoms with Gasteiger partial charge < -0.3 is 20.2 Å². The van der Waals surface area contributed by atoms with Crippen molar-refractivity contribution in [2.45, 2.75) is 64.4 Å². The lowest BCUT2D eigenvalue weighted by Crippen LogP contribution is -2.51. The summed E-state index contributed by atoms with van der Waals surface area (Å²) in [5.74, 6) is 1.65. The van der Waals surface area contributed by atoms with Gasteiger partial charge in [-0.3, -0.25) is 4.79 Å². The molecule has 1 atom stereocenters. The second-order valence-corrected chi connectivity index (χ2v) is 9.51. The number of carbonyl (C=O) groups excluding carboxylic acids is 1. The molecule has 32 heavy (non-hydrogen) atoms. The molecule has 1 amide bonds. The number of nitrogens with zero attached hydrogens (tertiary/aromatic N) is 1. The lowest BCUT2D eigenvalue weighted by atomic mass is 9.51. The molecule has 4 aliphatic rings. The van der Waals surface area contributed by atoms with E-state index < -0.39 is 0 Å². The summed E-state index contributed by atoms with van der Waals surface area (Å²) in [6, 6.07) is 0. The number of hydrogen-bond donors (Lipinski definition) is 2. The number of oxazole rings is 1. The Hall–Kier alpha value is -2.25. The standard InChI is InChI=1S/C25H34FN3O3/c1-18-16-29-22(32-18)6-13-28-23(30)25-10-7-24(8-11-25,9-12-25)20-2-4-21(5-3-20)31-17-19(14-26)15-27/h2-4,14,16,21H,5-13,15,17,27H2,1H3,(H,28,30)/b19-14+. The Labute approximate surface area is 189 Å². The van der Waals surface area contributed by atoms with E-state index in [2.05, 4.69) is 28.5 Å². The molecule has 1 aromatic heterocycles. The van der Waals surface area contributed by atoms with Crippen LogP contribution in [-0.2, 0) is 16.0 Å². The van der Waals surface area contributed by atoms with Gasteiger partial charge >= 0.3 is 0 Å². The van der Waals surface area contributed by atoms with Gasteiger partial charge in [0, 0.05) is 24.9 Å². The van der Waals surface area contributed by atoms with Gasteiger partial charge in [0.1, 0.15) is 5.76 Å². The monoisotopic (exact) mass is 443 g/mol. The summed E-state index contributed by atoms with van der Waals surface area (Å²) in [6.07, 6.45) is 16.1. The van der Waals surface area contributed by atoms with Crippen LogP contribution in [0.3, 0.4) is 0 Å². The lowest BCUT2D eigenvalue weighted by Gasteiger charge is -2.53. The van der Waals surface area contributed by atoms with Crippen LogP contribution in [0.4, 0.5) is 4.39 Å². The number of carbonyl (C=O) groups is 1. The Balaban J connectivity index is 1.27. The van der Waals surface area contributed by atoms with Gasteiger partial charge in [-0.1, -0.05) is 18.2 Å². The van der Waals surface area contributed by atoms with E-state index in [1.807, 2.05) is 6.92 Å². The maximum atomic E-state index is 13.0. The van der Waals surface area contributed by atoms with Gasteiger partial charge in [0.05, 0.1) is 25.2 Å². The quantitative estimate of drug-likeness (QED) is 0.601. The fourth-order valence-electron chi connectivity index (χ4n) is 5.41. The number of allylic oxidation sites excluding steroid dienone is 2. The molecule has 0 spiro atoms. The molecule has 6 nitrogen and oxygen atoms in total. The number of ether oxygens (including phenoxy) is 1. The number of hydrogen-bond acceptors (Lipinski definition) is 5. The normalized spacial score (nSPS) is 29.8. The van der Waals surface area contributed by atoms with Crippen molar-refractivity contribution in [3.8, 4) is 0 Å². The zero-order chi connectivity index (χ0) is 22.6. The van der Waals surface area contributed by atoms with Gasteiger partial charge in [-0.15, -0.1) is 0 Å². The first-order valence-corrected chi connectivity index (χ1v) is 11.7. The van der Waals surface area contributed by atoms with Crippen molar-refractivity contribution in [3.63, 3.8) is 0 Å². The molecule has 5 rings (SSSR count). The summed E-state index contributed by atoms with van der Waals surface area (Å²) >= 11 is 0. The summed E-state index contributed by atoms with van der Waals surface area (Å²) in [5, 5.41) is 3.13. The Kier molecular flexibility index (Phi) is 6.96. The van der Waals surface area contributed by atoms with E-state index >= 15 is 0 Å². The first kappa shape index (κ1) is 22.9. The topological polar surface area (TPSA) is 90.4 Å². The van der Waals surface area contributed by atoms with Gasteiger partial charge in [-0.05, 0) is 68.4 Å². The van der Waals surface area contributed by atoms with Gasteiger partial charge in [0.25, 0.3) is 0 Å². The molecule has 3 N–H and O–H groups in total. The fraction of sp³-hybridized carbons (Fsp3) is 0.600. The minimum atomic E-state index is -0.226. The second-order valence-electron chi connectivity index (χ2n) is 9.51. The Bertz CT molecular complexity index is 893. The van der Waals surface area contributed by atoms with E-state index in [4.69, 9.17) is 14.9 Å². The summed E-state index contributed by atoms with van der Waals surface area (Å²) in [7, 11) is 0. The number of nitrogens with one attached hydrogen (secondary N) is 1. The van der Waals surface area contributed by atoms with Crippen molar-refractivity contribution in [2.24, 2.45) is 16.6 Å². The highest BCUT2D eigenvalue weighted by Crippen LogP contribution is 2.60. The molecule has 0 saturated heterocycles. The molecule has 0 radical (unpaired) electrons. The second kappa shape index (κ2) is 9.71. The van der Waals surface area contributed by atoms with E-state index in [1.165, 1.54) is 5.57 Å². The zero-order valence-electron chi connectivity index (χ0n) is 18.9. The molecule has 1 aromatic rings. The van der Waals surface area contributed by atoms with E-state index in [1.54, 1.807) is 6.20 Å². The van der Waals surface area contributed by atoms with Crippen molar-refractivity contribution >= 4 is 5.91 Å². The predicted molar refractivity (Wildman–Crippen MR) is 120 cm³/mol. The first-order chi connectivity index (χ1) is 15.5. The highest BCUT2D eigenvalue weighted by molar-refractivity contribution is 5.83. The molecule has 2 bridgehead atoms. The third kappa shape index (κ3) is 4.74.